The molecule has 1 amide bonds. The monoisotopic (exact) mass is 375 g/mol. The van der Waals surface area contributed by atoms with E-state index in [4.69, 9.17) is 5.73 Å². The lowest BCUT2D eigenvalue weighted by molar-refractivity contribution is -0.131. The highest BCUT2D eigenvalue weighted by atomic mass is 35.5. The molecule has 1 aromatic carbocycles. The summed E-state index contributed by atoms with van der Waals surface area (Å²) >= 11 is 0. The zero-order chi connectivity index (χ0) is 17.0. The van der Waals surface area contributed by atoms with E-state index in [2.05, 4.69) is 0 Å². The van der Waals surface area contributed by atoms with Gasteiger partial charge in [0.05, 0.1) is 12.7 Å². The minimum Gasteiger partial charge on any atom is -0.399 e. The Bertz CT molecular complexity index is 641. The highest BCUT2D eigenvalue weighted by molar-refractivity contribution is 7.88. The Hall–Kier alpha value is -1.31. The molecule has 2 N–H and O–H groups in total. The second-order valence-corrected chi connectivity index (χ2v) is 7.93. The standard InChI is InChI=1S/C16H25N3O3S.ClH/c1-3-19(23(2,21)22)15-8-10-18(11-9-15)16(20)12-13-4-6-14(17)7-5-13;/h4-7,15H,3,8-12,17H2,1-2H3;1H. The van der Waals surface area contributed by atoms with Crippen molar-refractivity contribution in [2.24, 2.45) is 0 Å². The fourth-order valence-electron chi connectivity index (χ4n) is 3.09. The molecule has 1 fully saturated rings. The van der Waals surface area contributed by atoms with Crippen LogP contribution in [0.25, 0.3) is 0 Å². The second-order valence-electron chi connectivity index (χ2n) is 6.00. The van der Waals surface area contributed by atoms with Gasteiger partial charge in [-0.1, -0.05) is 19.1 Å². The van der Waals surface area contributed by atoms with Gasteiger partial charge in [-0.3, -0.25) is 4.79 Å². The van der Waals surface area contributed by atoms with E-state index in [1.807, 2.05) is 24.0 Å². The van der Waals surface area contributed by atoms with Gasteiger partial charge in [-0.25, -0.2) is 8.42 Å². The largest absolute Gasteiger partial charge is 0.399 e. The molecule has 2 rings (SSSR count). The molecule has 1 heterocycles. The number of piperidine rings is 1. The first-order valence-corrected chi connectivity index (χ1v) is 9.75. The highest BCUT2D eigenvalue weighted by Crippen LogP contribution is 2.19. The summed E-state index contributed by atoms with van der Waals surface area (Å²) in [5.74, 6) is 0.0793. The van der Waals surface area contributed by atoms with Gasteiger partial charge in [0.15, 0.2) is 0 Å². The molecule has 8 heteroatoms. The number of amides is 1. The van der Waals surface area contributed by atoms with E-state index >= 15 is 0 Å². The minimum absolute atomic E-state index is 0. The van der Waals surface area contributed by atoms with Crippen molar-refractivity contribution in [3.05, 3.63) is 29.8 Å². The Labute approximate surface area is 150 Å². The fraction of sp³-hybridized carbons (Fsp3) is 0.562. The number of nitrogen functional groups attached to an aromatic ring is 1. The van der Waals surface area contributed by atoms with E-state index in [9.17, 15) is 13.2 Å². The molecule has 0 spiro atoms. The van der Waals surface area contributed by atoms with Crippen molar-refractivity contribution in [1.29, 1.82) is 0 Å². The van der Waals surface area contributed by atoms with Gasteiger partial charge in [0.25, 0.3) is 0 Å². The van der Waals surface area contributed by atoms with Crippen LogP contribution in [-0.4, -0.2) is 55.5 Å². The normalized spacial score (nSPS) is 16.0. The Kier molecular flexibility index (Phi) is 7.51. The summed E-state index contributed by atoms with van der Waals surface area (Å²) in [5.41, 5.74) is 7.27. The van der Waals surface area contributed by atoms with Crippen LogP contribution in [0.4, 0.5) is 5.69 Å². The molecule has 0 atom stereocenters. The lowest BCUT2D eigenvalue weighted by atomic mass is 10.0. The van der Waals surface area contributed by atoms with Crippen LogP contribution in [0.15, 0.2) is 24.3 Å². The number of nitrogens with two attached hydrogens (primary N) is 1. The lowest BCUT2D eigenvalue weighted by Crippen LogP contribution is -2.48. The molecular formula is C16H26ClN3O3S. The van der Waals surface area contributed by atoms with Crippen molar-refractivity contribution in [1.82, 2.24) is 9.21 Å². The number of hydrogen-bond acceptors (Lipinski definition) is 4. The van der Waals surface area contributed by atoms with Crippen molar-refractivity contribution < 1.29 is 13.2 Å². The molecule has 0 aliphatic carbocycles. The van der Waals surface area contributed by atoms with Gasteiger partial charge >= 0.3 is 0 Å². The van der Waals surface area contributed by atoms with Crippen molar-refractivity contribution in [3.8, 4) is 0 Å². The number of sulfonamides is 1. The molecule has 1 aliphatic heterocycles. The maximum Gasteiger partial charge on any atom is 0.226 e. The summed E-state index contributed by atoms with van der Waals surface area (Å²) in [6, 6.07) is 7.31. The SMILES string of the molecule is CCN(C1CCN(C(=O)Cc2ccc(N)cc2)CC1)S(C)(=O)=O.Cl. The highest BCUT2D eigenvalue weighted by Gasteiger charge is 2.30. The summed E-state index contributed by atoms with van der Waals surface area (Å²) in [5, 5.41) is 0. The Morgan fingerprint density at radius 2 is 1.79 bits per heavy atom. The number of nitrogens with zero attached hydrogens (tertiary/aromatic N) is 2. The maximum absolute atomic E-state index is 12.4. The van der Waals surface area contributed by atoms with Crippen LogP contribution >= 0.6 is 12.4 Å². The molecule has 0 saturated carbocycles. The van der Waals surface area contributed by atoms with Crippen molar-refractivity contribution in [2.75, 3.05) is 31.6 Å². The van der Waals surface area contributed by atoms with Gasteiger partial charge in [-0.05, 0) is 30.5 Å². The third kappa shape index (κ3) is 5.36. The number of halogens is 1. The summed E-state index contributed by atoms with van der Waals surface area (Å²) in [4.78, 5) is 14.2. The van der Waals surface area contributed by atoms with Crippen molar-refractivity contribution in [2.45, 2.75) is 32.2 Å². The quantitative estimate of drug-likeness (QED) is 0.790. The first kappa shape index (κ1) is 20.7. The molecule has 0 unspecified atom stereocenters. The Morgan fingerprint density at radius 3 is 2.25 bits per heavy atom. The van der Waals surface area contributed by atoms with E-state index in [1.165, 1.54) is 10.6 Å². The average molecular weight is 376 g/mol. The number of benzene rings is 1. The molecule has 136 valence electrons. The lowest BCUT2D eigenvalue weighted by Gasteiger charge is -2.37. The number of likely N-dealkylation sites (tertiary alicyclic amines) is 1. The molecule has 1 saturated heterocycles. The maximum atomic E-state index is 12.4. The first-order chi connectivity index (χ1) is 10.8. The summed E-state index contributed by atoms with van der Waals surface area (Å²) < 4.78 is 25.1. The van der Waals surface area contributed by atoms with Gasteiger partial charge < -0.3 is 10.6 Å². The van der Waals surface area contributed by atoms with Gasteiger partial charge in [-0.15, -0.1) is 12.4 Å². The van der Waals surface area contributed by atoms with Gasteiger partial charge in [0.2, 0.25) is 15.9 Å². The van der Waals surface area contributed by atoms with E-state index in [0.29, 0.717) is 44.6 Å². The predicted octanol–water partition coefficient (Wildman–Crippen LogP) is 1.51. The molecule has 0 radical (unpaired) electrons. The van der Waals surface area contributed by atoms with Gasteiger partial charge in [-0.2, -0.15) is 4.31 Å². The van der Waals surface area contributed by atoms with Crippen LogP contribution in [0.5, 0.6) is 0 Å². The number of carbonyl (C=O) groups is 1. The number of rotatable bonds is 5. The predicted molar refractivity (Wildman–Crippen MR) is 98.6 cm³/mol. The van der Waals surface area contributed by atoms with E-state index < -0.39 is 10.0 Å². The smallest absolute Gasteiger partial charge is 0.226 e. The summed E-state index contributed by atoms with van der Waals surface area (Å²) in [7, 11) is -3.19. The van der Waals surface area contributed by atoms with E-state index in [0.717, 1.165) is 5.56 Å². The van der Waals surface area contributed by atoms with Crippen molar-refractivity contribution in [3.63, 3.8) is 0 Å². The molecular weight excluding hydrogens is 350 g/mol. The Morgan fingerprint density at radius 1 is 1.25 bits per heavy atom. The van der Waals surface area contributed by atoms with Gasteiger partial charge in [0.1, 0.15) is 0 Å². The van der Waals surface area contributed by atoms with Crippen LogP contribution in [0.2, 0.25) is 0 Å². The Balaban J connectivity index is 0.00000288. The molecule has 0 bridgehead atoms. The molecule has 1 aliphatic rings. The molecule has 24 heavy (non-hydrogen) atoms. The van der Waals surface area contributed by atoms with Crippen LogP contribution in [0, 0.1) is 0 Å². The van der Waals surface area contributed by atoms with Crippen LogP contribution in [0.1, 0.15) is 25.3 Å². The summed E-state index contributed by atoms with van der Waals surface area (Å²) in [6.45, 7) is 3.53. The van der Waals surface area contributed by atoms with Crippen molar-refractivity contribution >= 4 is 34.0 Å². The third-order valence-electron chi connectivity index (χ3n) is 4.30. The van der Waals surface area contributed by atoms with Crippen LogP contribution < -0.4 is 5.73 Å². The molecule has 1 aromatic rings. The third-order valence-corrected chi connectivity index (χ3v) is 5.71. The zero-order valence-electron chi connectivity index (χ0n) is 14.1. The topological polar surface area (TPSA) is 83.7 Å². The number of carbonyl (C=O) groups excluding carboxylic acids is 1. The second kappa shape index (κ2) is 8.69. The average Bonchev–Trinajstić information content (AvgIpc) is 2.49. The number of anilines is 1. The van der Waals surface area contributed by atoms with Crippen LogP contribution in [0.3, 0.4) is 0 Å². The van der Waals surface area contributed by atoms with Gasteiger partial charge in [0, 0.05) is 31.4 Å². The fourth-order valence-corrected chi connectivity index (χ4v) is 4.31. The summed E-state index contributed by atoms with van der Waals surface area (Å²) in [6.07, 6.45) is 2.98. The first-order valence-electron chi connectivity index (χ1n) is 7.90. The minimum atomic E-state index is -3.19. The van der Waals surface area contributed by atoms with E-state index in [-0.39, 0.29) is 24.4 Å². The number of hydrogen-bond donors (Lipinski definition) is 1. The van der Waals surface area contributed by atoms with E-state index in [1.54, 1.807) is 12.1 Å². The molecule has 6 nitrogen and oxygen atoms in total. The molecule has 0 aromatic heterocycles. The van der Waals surface area contributed by atoms with Crippen LogP contribution in [-0.2, 0) is 21.2 Å². The zero-order valence-corrected chi connectivity index (χ0v) is 15.8.